The Morgan fingerprint density at radius 1 is 0.600 bits per heavy atom. The highest BCUT2D eigenvalue weighted by molar-refractivity contribution is 6.83. The van der Waals surface area contributed by atoms with Gasteiger partial charge in [0.05, 0.1) is 26.4 Å². The fourth-order valence-electron chi connectivity index (χ4n) is 5.17. The second-order valence-corrected chi connectivity index (χ2v) is 17.1. The Labute approximate surface area is 241 Å². The molecular weight excluding hydrogens is 512 g/mol. The lowest BCUT2D eigenvalue weighted by Gasteiger charge is -2.22. The van der Waals surface area contributed by atoms with E-state index in [0.29, 0.717) is 26.4 Å². The van der Waals surface area contributed by atoms with Crippen molar-refractivity contribution in [2.45, 2.75) is 70.7 Å². The van der Waals surface area contributed by atoms with Gasteiger partial charge in [-0.15, -0.1) is 5.54 Å². The van der Waals surface area contributed by atoms with E-state index in [9.17, 15) is 0 Å². The highest BCUT2D eigenvalue weighted by Crippen LogP contribution is 2.31. The number of benzene rings is 3. The van der Waals surface area contributed by atoms with E-state index >= 15 is 0 Å². The van der Waals surface area contributed by atoms with Gasteiger partial charge in [-0.1, -0.05) is 74.1 Å². The lowest BCUT2D eigenvalue weighted by atomic mass is 9.94. The lowest BCUT2D eigenvalue weighted by molar-refractivity contribution is -0.146. The van der Waals surface area contributed by atoms with Crippen molar-refractivity contribution in [2.75, 3.05) is 26.4 Å². The summed E-state index contributed by atoms with van der Waals surface area (Å²) in [6, 6.07) is 24.5. The molecule has 5 rings (SSSR count). The lowest BCUT2D eigenvalue weighted by Crippen LogP contribution is -2.26. The van der Waals surface area contributed by atoms with Crippen LogP contribution in [0.15, 0.2) is 66.7 Å². The molecule has 40 heavy (non-hydrogen) atoms. The molecule has 4 nitrogen and oxygen atoms in total. The number of rotatable bonds is 8. The smallest absolute Gasteiger partial charge is 0.166 e. The predicted octanol–water partition coefficient (Wildman–Crippen LogP) is 7.64. The normalized spacial score (nSPS) is 17.9. The zero-order valence-electron chi connectivity index (χ0n) is 24.6. The van der Waals surface area contributed by atoms with Crippen LogP contribution in [0.3, 0.4) is 0 Å². The van der Waals surface area contributed by atoms with Crippen molar-refractivity contribution in [2.24, 2.45) is 0 Å². The Hall–Kier alpha value is -2.72. The molecule has 0 amide bonds. The van der Waals surface area contributed by atoms with Gasteiger partial charge >= 0.3 is 0 Å². The maximum absolute atomic E-state index is 5.78. The summed E-state index contributed by atoms with van der Waals surface area (Å²) in [5.74, 6) is 2.58. The van der Waals surface area contributed by atoms with Crippen LogP contribution in [-0.2, 0) is 31.8 Å². The molecule has 0 saturated carbocycles. The molecule has 2 heterocycles. The van der Waals surface area contributed by atoms with Gasteiger partial charge in [0.15, 0.2) is 11.6 Å². The second-order valence-electron chi connectivity index (χ2n) is 12.4. The largest absolute Gasteiger partial charge is 0.348 e. The first-order valence-corrected chi connectivity index (χ1v) is 18.0. The second kappa shape index (κ2) is 12.0. The van der Waals surface area contributed by atoms with Gasteiger partial charge in [0.2, 0.25) is 0 Å². The van der Waals surface area contributed by atoms with Gasteiger partial charge in [-0.2, -0.15) is 0 Å². The fraction of sp³-hybridized carbons (Fsp3) is 0.429. The molecule has 2 fully saturated rings. The minimum atomic E-state index is -1.50. The van der Waals surface area contributed by atoms with Crippen LogP contribution in [0.1, 0.15) is 43.4 Å². The van der Waals surface area contributed by atoms with E-state index in [1.165, 1.54) is 33.4 Å². The van der Waals surface area contributed by atoms with Crippen LogP contribution < -0.4 is 0 Å². The predicted molar refractivity (Wildman–Crippen MR) is 165 cm³/mol. The zero-order valence-corrected chi connectivity index (χ0v) is 25.6. The third-order valence-corrected chi connectivity index (χ3v) is 8.50. The monoisotopic (exact) mass is 554 g/mol. The van der Waals surface area contributed by atoms with E-state index in [2.05, 4.69) is 97.8 Å². The van der Waals surface area contributed by atoms with Crippen LogP contribution in [0.5, 0.6) is 0 Å². The molecule has 0 bridgehead atoms. The SMILES string of the molecule is CC1(CCc2ccc(-c3cc(C#C[Si](C)(C)C)cc(-c4ccc(CCC5(C)OCCO5)cc4)c3)cc2)OCCO1. The summed E-state index contributed by atoms with van der Waals surface area (Å²) in [5.41, 5.74) is 12.0. The highest BCUT2D eigenvalue weighted by atomic mass is 28.3. The van der Waals surface area contributed by atoms with E-state index in [4.69, 9.17) is 18.9 Å². The molecule has 0 N–H and O–H groups in total. The maximum atomic E-state index is 5.78. The van der Waals surface area contributed by atoms with Crippen molar-refractivity contribution in [3.63, 3.8) is 0 Å². The van der Waals surface area contributed by atoms with Gasteiger partial charge in [0.1, 0.15) is 8.07 Å². The van der Waals surface area contributed by atoms with Crippen molar-refractivity contribution in [1.29, 1.82) is 0 Å². The van der Waals surface area contributed by atoms with Crippen molar-refractivity contribution in [1.82, 2.24) is 0 Å². The fourth-order valence-corrected chi connectivity index (χ4v) is 5.68. The quantitative estimate of drug-likeness (QED) is 0.212. The maximum Gasteiger partial charge on any atom is 0.166 e. The molecule has 2 saturated heterocycles. The molecular formula is C35H42O4Si. The van der Waals surface area contributed by atoms with E-state index in [-0.39, 0.29) is 0 Å². The summed E-state index contributed by atoms with van der Waals surface area (Å²) in [5, 5.41) is 0. The molecule has 210 valence electrons. The Bertz CT molecular complexity index is 1260. The van der Waals surface area contributed by atoms with Crippen molar-refractivity contribution >= 4 is 8.07 Å². The zero-order chi connectivity index (χ0) is 28.2. The van der Waals surface area contributed by atoms with Crippen molar-refractivity contribution < 1.29 is 18.9 Å². The van der Waals surface area contributed by atoms with Gasteiger partial charge in [-0.25, -0.2) is 0 Å². The minimum Gasteiger partial charge on any atom is -0.348 e. The Balaban J connectivity index is 1.36. The van der Waals surface area contributed by atoms with E-state index in [1.807, 2.05) is 13.8 Å². The Morgan fingerprint density at radius 3 is 1.38 bits per heavy atom. The molecule has 0 aromatic heterocycles. The standard InChI is InChI=1S/C35H42O4Si/c1-34(36-19-20-37-34)17-14-27-6-10-30(11-7-27)32-24-29(16-23-40(3,4)5)25-33(26-32)31-12-8-28(9-13-31)15-18-35(2)38-21-22-39-35/h6-13,24-26H,14-15,17-22H2,1-5H3. The number of aryl methyl sites for hydroxylation is 2. The van der Waals surface area contributed by atoms with Crippen LogP contribution in [0.2, 0.25) is 19.6 Å². The van der Waals surface area contributed by atoms with Crippen LogP contribution in [0, 0.1) is 11.5 Å². The third kappa shape index (κ3) is 7.72. The van der Waals surface area contributed by atoms with Gasteiger partial charge in [-0.3, -0.25) is 0 Å². The average Bonchev–Trinajstić information content (AvgIpc) is 3.58. The molecule has 3 aromatic rings. The molecule has 0 radical (unpaired) electrons. The summed E-state index contributed by atoms with van der Waals surface area (Å²) < 4.78 is 23.1. The van der Waals surface area contributed by atoms with Gasteiger partial charge in [-0.05, 0) is 78.3 Å². The molecule has 0 atom stereocenters. The van der Waals surface area contributed by atoms with Crippen molar-refractivity contribution in [3.8, 4) is 33.7 Å². The van der Waals surface area contributed by atoms with Crippen LogP contribution in [0.4, 0.5) is 0 Å². The highest BCUT2D eigenvalue weighted by Gasteiger charge is 2.31. The van der Waals surface area contributed by atoms with Crippen molar-refractivity contribution in [3.05, 3.63) is 83.4 Å². The van der Waals surface area contributed by atoms with Crippen LogP contribution in [0.25, 0.3) is 22.3 Å². The summed E-state index contributed by atoms with van der Waals surface area (Å²) >= 11 is 0. The van der Waals surface area contributed by atoms with Crippen LogP contribution >= 0.6 is 0 Å². The molecule has 0 spiro atoms. The first-order chi connectivity index (χ1) is 19.1. The first-order valence-electron chi connectivity index (χ1n) is 14.5. The molecule has 0 aliphatic carbocycles. The Kier molecular flexibility index (Phi) is 8.65. The van der Waals surface area contributed by atoms with Gasteiger partial charge in [0.25, 0.3) is 0 Å². The summed E-state index contributed by atoms with van der Waals surface area (Å²) in [6.45, 7) is 13.6. The summed E-state index contributed by atoms with van der Waals surface area (Å²) in [7, 11) is -1.50. The summed E-state index contributed by atoms with van der Waals surface area (Å²) in [6.07, 6.45) is 3.56. The molecule has 0 unspecified atom stereocenters. The number of hydrogen-bond donors (Lipinski definition) is 0. The molecule has 3 aromatic carbocycles. The van der Waals surface area contributed by atoms with Gasteiger partial charge < -0.3 is 18.9 Å². The van der Waals surface area contributed by atoms with E-state index in [0.717, 1.165) is 31.2 Å². The van der Waals surface area contributed by atoms with E-state index in [1.54, 1.807) is 0 Å². The van der Waals surface area contributed by atoms with E-state index < -0.39 is 19.6 Å². The first kappa shape index (κ1) is 28.8. The topological polar surface area (TPSA) is 36.9 Å². The molecule has 2 aliphatic heterocycles. The third-order valence-electron chi connectivity index (χ3n) is 7.62. The minimum absolute atomic E-state index is 0.456. The molecule has 2 aliphatic rings. The number of ether oxygens (including phenoxy) is 4. The number of hydrogen-bond acceptors (Lipinski definition) is 4. The van der Waals surface area contributed by atoms with Crippen LogP contribution in [-0.4, -0.2) is 46.1 Å². The van der Waals surface area contributed by atoms with Gasteiger partial charge in [0, 0.05) is 18.4 Å². The summed E-state index contributed by atoms with van der Waals surface area (Å²) in [4.78, 5) is 0. The Morgan fingerprint density at radius 2 is 1.00 bits per heavy atom. The molecule has 5 heteroatoms. The average molecular weight is 555 g/mol.